The number of carbonyl (C=O) groups is 1. The number of hydrogen-bond donors (Lipinski definition) is 0. The second-order valence-corrected chi connectivity index (χ2v) is 9.09. The molecule has 1 aromatic heterocycles. The number of para-hydroxylation sites is 1. The van der Waals surface area contributed by atoms with Crippen LogP contribution in [0.4, 0.5) is 0 Å². The Labute approximate surface area is 203 Å². The molecule has 0 N–H and O–H groups in total. The van der Waals surface area contributed by atoms with Crippen molar-refractivity contribution in [1.29, 1.82) is 0 Å². The van der Waals surface area contributed by atoms with Crippen LogP contribution >= 0.6 is 24.0 Å². The maximum absolute atomic E-state index is 13.0. The summed E-state index contributed by atoms with van der Waals surface area (Å²) in [6.45, 7) is 3.60. The number of hydrogen-bond acceptors (Lipinski definition) is 6. The molecule has 0 radical (unpaired) electrons. The molecular formula is C25H25N3O3S2. The monoisotopic (exact) mass is 479 g/mol. The van der Waals surface area contributed by atoms with Crippen molar-refractivity contribution >= 4 is 40.3 Å². The fourth-order valence-corrected chi connectivity index (χ4v) is 4.70. The summed E-state index contributed by atoms with van der Waals surface area (Å²) in [7, 11) is 1.61. The van der Waals surface area contributed by atoms with Crippen molar-refractivity contribution in [3.05, 3.63) is 71.3 Å². The number of thioether (sulfide) groups is 1. The summed E-state index contributed by atoms with van der Waals surface area (Å²) in [4.78, 5) is 15.1. The van der Waals surface area contributed by atoms with Gasteiger partial charge in [-0.15, -0.1) is 0 Å². The van der Waals surface area contributed by atoms with Crippen molar-refractivity contribution in [3.63, 3.8) is 0 Å². The van der Waals surface area contributed by atoms with Crippen LogP contribution in [0, 0.1) is 0 Å². The Balaban J connectivity index is 1.74. The molecule has 8 heteroatoms. The molecule has 2 heterocycles. The zero-order valence-corrected chi connectivity index (χ0v) is 20.2. The number of benzene rings is 2. The summed E-state index contributed by atoms with van der Waals surface area (Å²) < 4.78 is 13.3. The molecule has 3 aromatic rings. The van der Waals surface area contributed by atoms with Gasteiger partial charge < -0.3 is 9.47 Å². The summed E-state index contributed by atoms with van der Waals surface area (Å²) in [5, 5.41) is 4.86. The number of amides is 1. The second kappa shape index (κ2) is 10.8. The van der Waals surface area contributed by atoms with Crippen molar-refractivity contribution < 1.29 is 14.3 Å². The predicted octanol–water partition coefficient (Wildman–Crippen LogP) is 5.18. The number of nitrogens with zero attached hydrogens (tertiary/aromatic N) is 3. The minimum absolute atomic E-state index is 0.111. The average molecular weight is 480 g/mol. The molecule has 6 nitrogen and oxygen atoms in total. The maximum Gasteiger partial charge on any atom is 0.266 e. The number of rotatable bonds is 9. The summed E-state index contributed by atoms with van der Waals surface area (Å²) in [5.74, 6) is 0.681. The molecule has 1 aliphatic heterocycles. The Morgan fingerprint density at radius 2 is 1.94 bits per heavy atom. The summed E-state index contributed by atoms with van der Waals surface area (Å²) in [6.07, 6.45) is 4.74. The lowest BCUT2D eigenvalue weighted by atomic mass is 10.1. The van der Waals surface area contributed by atoms with Gasteiger partial charge in [0.15, 0.2) is 0 Å². The van der Waals surface area contributed by atoms with E-state index in [0.717, 1.165) is 34.7 Å². The summed E-state index contributed by atoms with van der Waals surface area (Å²) in [5.41, 5.74) is 3.45. The van der Waals surface area contributed by atoms with E-state index in [4.69, 9.17) is 26.8 Å². The van der Waals surface area contributed by atoms with Crippen LogP contribution in [-0.2, 0) is 9.53 Å². The molecular weight excluding hydrogens is 454 g/mol. The Hall–Kier alpha value is -2.94. The molecule has 0 aliphatic carbocycles. The van der Waals surface area contributed by atoms with Crippen LogP contribution in [0.2, 0.25) is 0 Å². The minimum Gasteiger partial charge on any atom is -0.494 e. The first kappa shape index (κ1) is 23.2. The Morgan fingerprint density at radius 3 is 2.70 bits per heavy atom. The van der Waals surface area contributed by atoms with Crippen LogP contribution in [0.15, 0.2) is 65.7 Å². The van der Waals surface area contributed by atoms with E-state index in [-0.39, 0.29) is 5.91 Å². The SMILES string of the molecule is CCCOc1cccc(-c2nn(-c3ccccc3)cc2C=C2SC(=S)N(CCOC)C2=O)c1. The molecule has 1 amide bonds. The van der Waals surface area contributed by atoms with E-state index in [1.54, 1.807) is 12.0 Å². The van der Waals surface area contributed by atoms with Crippen LogP contribution in [0.1, 0.15) is 18.9 Å². The highest BCUT2D eigenvalue weighted by atomic mass is 32.2. The first-order valence-corrected chi connectivity index (χ1v) is 12.0. The Morgan fingerprint density at radius 1 is 1.12 bits per heavy atom. The van der Waals surface area contributed by atoms with Gasteiger partial charge >= 0.3 is 0 Å². The largest absolute Gasteiger partial charge is 0.494 e. The van der Waals surface area contributed by atoms with E-state index in [9.17, 15) is 4.79 Å². The highest BCUT2D eigenvalue weighted by Crippen LogP contribution is 2.35. The van der Waals surface area contributed by atoms with Gasteiger partial charge in [0, 0.05) is 24.4 Å². The lowest BCUT2D eigenvalue weighted by molar-refractivity contribution is -0.122. The maximum atomic E-state index is 13.0. The van der Waals surface area contributed by atoms with E-state index in [1.165, 1.54) is 11.8 Å². The van der Waals surface area contributed by atoms with Gasteiger partial charge in [-0.05, 0) is 36.8 Å². The molecule has 0 bridgehead atoms. The smallest absolute Gasteiger partial charge is 0.266 e. The molecule has 0 unspecified atom stereocenters. The first-order valence-electron chi connectivity index (χ1n) is 10.7. The molecule has 0 atom stereocenters. The highest BCUT2D eigenvalue weighted by molar-refractivity contribution is 8.26. The van der Waals surface area contributed by atoms with Gasteiger partial charge in [-0.2, -0.15) is 5.10 Å². The fraction of sp³-hybridized carbons (Fsp3) is 0.240. The zero-order valence-electron chi connectivity index (χ0n) is 18.6. The lowest BCUT2D eigenvalue weighted by Gasteiger charge is -2.12. The number of methoxy groups -OCH3 is 1. The molecule has 1 fully saturated rings. The zero-order chi connectivity index (χ0) is 23.2. The van der Waals surface area contributed by atoms with E-state index in [2.05, 4.69) is 6.92 Å². The van der Waals surface area contributed by atoms with Gasteiger partial charge in [-0.3, -0.25) is 9.69 Å². The molecule has 170 valence electrons. The number of thiocarbonyl (C=S) groups is 1. The minimum atomic E-state index is -0.111. The second-order valence-electron chi connectivity index (χ2n) is 7.42. The average Bonchev–Trinajstić information content (AvgIpc) is 3.38. The van der Waals surface area contributed by atoms with E-state index in [1.807, 2.05) is 71.6 Å². The van der Waals surface area contributed by atoms with Crippen LogP contribution in [0.3, 0.4) is 0 Å². The van der Waals surface area contributed by atoms with Gasteiger partial charge in [0.1, 0.15) is 15.8 Å². The predicted molar refractivity (Wildman–Crippen MR) is 137 cm³/mol. The molecule has 0 saturated carbocycles. The van der Waals surface area contributed by atoms with Gasteiger partial charge in [0.2, 0.25) is 0 Å². The van der Waals surface area contributed by atoms with Crippen molar-refractivity contribution in [2.75, 3.05) is 26.9 Å². The van der Waals surface area contributed by atoms with Crippen LogP contribution in [0.25, 0.3) is 23.0 Å². The normalized spacial score (nSPS) is 15.0. The molecule has 1 saturated heterocycles. The van der Waals surface area contributed by atoms with Crippen LogP contribution < -0.4 is 4.74 Å². The lowest BCUT2D eigenvalue weighted by Crippen LogP contribution is -2.31. The molecule has 1 aliphatic rings. The van der Waals surface area contributed by atoms with Crippen molar-refractivity contribution in [2.24, 2.45) is 0 Å². The molecule has 4 rings (SSSR count). The highest BCUT2D eigenvalue weighted by Gasteiger charge is 2.32. The van der Waals surface area contributed by atoms with Crippen LogP contribution in [-0.4, -0.2) is 51.8 Å². The van der Waals surface area contributed by atoms with Gasteiger partial charge in [-0.25, -0.2) is 4.68 Å². The quantitative estimate of drug-likeness (QED) is 0.312. The Bertz CT molecular complexity index is 1170. The summed E-state index contributed by atoms with van der Waals surface area (Å²) in [6, 6.07) is 17.8. The molecule has 2 aromatic carbocycles. The number of aromatic nitrogens is 2. The topological polar surface area (TPSA) is 56.6 Å². The van der Waals surface area contributed by atoms with E-state index >= 15 is 0 Å². The van der Waals surface area contributed by atoms with E-state index in [0.29, 0.717) is 29.0 Å². The van der Waals surface area contributed by atoms with Gasteiger partial charge in [0.25, 0.3) is 5.91 Å². The van der Waals surface area contributed by atoms with Crippen molar-refractivity contribution in [1.82, 2.24) is 14.7 Å². The van der Waals surface area contributed by atoms with Crippen LogP contribution in [0.5, 0.6) is 5.75 Å². The standard InChI is InChI=1S/C25H25N3O3S2/c1-3-13-31-21-11-7-8-18(15-21)23-19(17-28(26-23)20-9-5-4-6-10-20)16-22-24(29)27(12-14-30-2)25(32)33-22/h4-11,15-17H,3,12-14H2,1-2H3. The number of carbonyl (C=O) groups excluding carboxylic acids is 1. The van der Waals surface area contributed by atoms with Gasteiger partial charge in [-0.1, -0.05) is 61.2 Å². The Kier molecular flexibility index (Phi) is 7.59. The third-order valence-corrected chi connectivity index (χ3v) is 6.40. The van der Waals surface area contributed by atoms with Crippen molar-refractivity contribution in [3.8, 4) is 22.7 Å². The third kappa shape index (κ3) is 5.35. The van der Waals surface area contributed by atoms with Crippen molar-refractivity contribution in [2.45, 2.75) is 13.3 Å². The third-order valence-electron chi connectivity index (χ3n) is 5.02. The molecule has 33 heavy (non-hydrogen) atoms. The van der Waals surface area contributed by atoms with E-state index < -0.39 is 0 Å². The fourth-order valence-electron chi connectivity index (χ4n) is 3.40. The number of ether oxygens (including phenoxy) is 2. The first-order chi connectivity index (χ1) is 16.1. The van der Waals surface area contributed by atoms with Gasteiger partial charge in [0.05, 0.1) is 30.4 Å². The molecule has 0 spiro atoms. The summed E-state index contributed by atoms with van der Waals surface area (Å²) >= 11 is 6.73.